The Hall–Kier alpha value is -1.02. The van der Waals surface area contributed by atoms with E-state index in [1.165, 1.54) is 0 Å². The summed E-state index contributed by atoms with van der Waals surface area (Å²) in [5, 5.41) is 10.9. The third-order valence-corrected chi connectivity index (χ3v) is 3.08. The Labute approximate surface area is 111 Å². The third kappa shape index (κ3) is 3.74. The number of benzene rings is 1. The van der Waals surface area contributed by atoms with E-state index in [0.717, 1.165) is 37.0 Å². The van der Waals surface area contributed by atoms with E-state index in [-0.39, 0.29) is 6.10 Å². The van der Waals surface area contributed by atoms with Gasteiger partial charge in [-0.2, -0.15) is 0 Å². The van der Waals surface area contributed by atoms with Gasteiger partial charge in [-0.1, -0.05) is 44.9 Å². The van der Waals surface area contributed by atoms with Gasteiger partial charge in [-0.05, 0) is 32.8 Å². The summed E-state index contributed by atoms with van der Waals surface area (Å²) in [5.41, 5.74) is 0.178. The Balaban J connectivity index is 3.10. The second-order valence-corrected chi connectivity index (χ2v) is 5.19. The minimum Gasteiger partial charge on any atom is -0.491 e. The van der Waals surface area contributed by atoms with Gasteiger partial charge in [0.2, 0.25) is 0 Å². The van der Waals surface area contributed by atoms with Gasteiger partial charge in [-0.3, -0.25) is 0 Å². The molecule has 0 bridgehead atoms. The fourth-order valence-corrected chi connectivity index (χ4v) is 2.43. The van der Waals surface area contributed by atoms with Crippen molar-refractivity contribution >= 4 is 0 Å². The highest BCUT2D eigenvalue weighted by molar-refractivity contribution is 5.38. The summed E-state index contributed by atoms with van der Waals surface area (Å²) >= 11 is 0. The van der Waals surface area contributed by atoms with E-state index in [4.69, 9.17) is 4.74 Å². The molecule has 1 aromatic carbocycles. The van der Waals surface area contributed by atoms with Gasteiger partial charge in [0.15, 0.2) is 0 Å². The summed E-state index contributed by atoms with van der Waals surface area (Å²) in [6.45, 7) is 8.23. The normalized spacial score (nSPS) is 11.9. The lowest BCUT2D eigenvalue weighted by molar-refractivity contribution is 0.0135. The van der Waals surface area contributed by atoms with Crippen LogP contribution >= 0.6 is 0 Å². The van der Waals surface area contributed by atoms with Crippen molar-refractivity contribution in [1.82, 2.24) is 0 Å². The van der Waals surface area contributed by atoms with Gasteiger partial charge in [0.05, 0.1) is 11.7 Å². The van der Waals surface area contributed by atoms with Gasteiger partial charge in [0.25, 0.3) is 0 Å². The van der Waals surface area contributed by atoms with Crippen molar-refractivity contribution in [2.45, 2.75) is 65.1 Å². The second-order valence-electron chi connectivity index (χ2n) is 5.19. The van der Waals surface area contributed by atoms with E-state index < -0.39 is 5.60 Å². The lowest BCUT2D eigenvalue weighted by Gasteiger charge is -2.30. The van der Waals surface area contributed by atoms with Gasteiger partial charge in [0, 0.05) is 5.56 Å². The topological polar surface area (TPSA) is 29.5 Å². The maximum absolute atomic E-state index is 10.9. The summed E-state index contributed by atoms with van der Waals surface area (Å²) in [6, 6.07) is 7.87. The summed E-state index contributed by atoms with van der Waals surface area (Å²) < 4.78 is 5.82. The van der Waals surface area contributed by atoms with E-state index in [1.807, 2.05) is 38.1 Å². The number of ether oxygens (including phenoxy) is 1. The molecular weight excluding hydrogens is 224 g/mol. The minimum absolute atomic E-state index is 0.124. The molecule has 0 aliphatic heterocycles. The molecule has 2 heteroatoms. The van der Waals surface area contributed by atoms with Gasteiger partial charge in [0.1, 0.15) is 5.75 Å². The average Bonchev–Trinajstić information content (AvgIpc) is 2.29. The Morgan fingerprint density at radius 1 is 1.11 bits per heavy atom. The zero-order chi connectivity index (χ0) is 13.6. The van der Waals surface area contributed by atoms with E-state index in [0.29, 0.717) is 0 Å². The zero-order valence-corrected chi connectivity index (χ0v) is 12.1. The third-order valence-electron chi connectivity index (χ3n) is 3.08. The van der Waals surface area contributed by atoms with Crippen molar-refractivity contribution in [1.29, 1.82) is 0 Å². The Morgan fingerprint density at radius 3 is 2.17 bits per heavy atom. The molecule has 0 atom stereocenters. The van der Waals surface area contributed by atoms with Crippen LogP contribution in [0, 0.1) is 0 Å². The quantitative estimate of drug-likeness (QED) is 0.783. The molecule has 1 aromatic rings. The first-order chi connectivity index (χ1) is 8.53. The fraction of sp³-hybridized carbons (Fsp3) is 0.625. The van der Waals surface area contributed by atoms with Crippen molar-refractivity contribution in [3.63, 3.8) is 0 Å². The van der Waals surface area contributed by atoms with E-state index in [9.17, 15) is 5.11 Å². The number of para-hydroxylation sites is 1. The van der Waals surface area contributed by atoms with Crippen LogP contribution in [-0.4, -0.2) is 11.2 Å². The first kappa shape index (κ1) is 15.0. The molecule has 0 saturated heterocycles. The molecule has 0 spiro atoms. The largest absolute Gasteiger partial charge is 0.491 e. The van der Waals surface area contributed by atoms with Crippen molar-refractivity contribution in [2.24, 2.45) is 0 Å². The summed E-state index contributed by atoms with van der Waals surface area (Å²) in [7, 11) is 0. The molecular formula is C16H26O2. The second kappa shape index (κ2) is 6.79. The van der Waals surface area contributed by atoms with Crippen molar-refractivity contribution in [3.8, 4) is 5.75 Å². The summed E-state index contributed by atoms with van der Waals surface area (Å²) in [6.07, 6.45) is 3.61. The summed E-state index contributed by atoms with van der Waals surface area (Å²) in [4.78, 5) is 0. The predicted octanol–water partition coefficient (Wildman–Crippen LogP) is 4.26. The van der Waals surface area contributed by atoms with Crippen molar-refractivity contribution in [3.05, 3.63) is 29.8 Å². The Morgan fingerprint density at radius 2 is 1.67 bits per heavy atom. The fourth-order valence-electron chi connectivity index (χ4n) is 2.43. The smallest absolute Gasteiger partial charge is 0.125 e. The number of rotatable bonds is 7. The molecule has 2 nitrogen and oxygen atoms in total. The van der Waals surface area contributed by atoms with Crippen molar-refractivity contribution < 1.29 is 9.84 Å². The molecule has 0 unspecified atom stereocenters. The SMILES string of the molecule is CCCC(O)(CCC)c1ccccc1OC(C)C. The van der Waals surface area contributed by atoms with Gasteiger partial charge >= 0.3 is 0 Å². The molecule has 0 aliphatic carbocycles. The first-order valence-corrected chi connectivity index (χ1v) is 7.02. The molecule has 102 valence electrons. The lowest BCUT2D eigenvalue weighted by atomic mass is 9.85. The van der Waals surface area contributed by atoms with Crippen molar-refractivity contribution in [2.75, 3.05) is 0 Å². The molecule has 0 saturated carbocycles. The van der Waals surface area contributed by atoms with E-state index in [2.05, 4.69) is 13.8 Å². The molecule has 0 fully saturated rings. The molecule has 0 amide bonds. The highest BCUT2D eigenvalue weighted by Crippen LogP contribution is 2.37. The van der Waals surface area contributed by atoms with Crippen LogP contribution in [0.2, 0.25) is 0 Å². The maximum Gasteiger partial charge on any atom is 0.125 e. The van der Waals surface area contributed by atoms with Crippen LogP contribution in [0.3, 0.4) is 0 Å². The maximum atomic E-state index is 10.9. The Kier molecular flexibility index (Phi) is 5.67. The van der Waals surface area contributed by atoms with Crippen LogP contribution < -0.4 is 4.74 Å². The molecule has 0 aliphatic rings. The van der Waals surface area contributed by atoms with E-state index in [1.54, 1.807) is 0 Å². The van der Waals surface area contributed by atoms with E-state index >= 15 is 0 Å². The van der Waals surface area contributed by atoms with Crippen LogP contribution in [0.25, 0.3) is 0 Å². The van der Waals surface area contributed by atoms with Gasteiger partial charge < -0.3 is 9.84 Å². The molecule has 18 heavy (non-hydrogen) atoms. The average molecular weight is 250 g/mol. The number of hydrogen-bond acceptors (Lipinski definition) is 2. The van der Waals surface area contributed by atoms with Crippen LogP contribution in [0.5, 0.6) is 5.75 Å². The monoisotopic (exact) mass is 250 g/mol. The van der Waals surface area contributed by atoms with Gasteiger partial charge in [-0.15, -0.1) is 0 Å². The molecule has 0 heterocycles. The van der Waals surface area contributed by atoms with Crippen LogP contribution in [0.15, 0.2) is 24.3 Å². The zero-order valence-electron chi connectivity index (χ0n) is 12.1. The first-order valence-electron chi connectivity index (χ1n) is 7.02. The standard InChI is InChI=1S/C16H26O2/c1-5-11-16(17,12-6-2)14-9-7-8-10-15(14)18-13(3)4/h7-10,13,17H,5-6,11-12H2,1-4H3. The van der Waals surface area contributed by atoms with Crippen LogP contribution in [0.1, 0.15) is 58.9 Å². The highest BCUT2D eigenvalue weighted by Gasteiger charge is 2.30. The molecule has 0 radical (unpaired) electrons. The number of aliphatic hydroxyl groups is 1. The summed E-state index contributed by atoms with van der Waals surface area (Å²) in [5.74, 6) is 0.817. The lowest BCUT2D eigenvalue weighted by Crippen LogP contribution is -2.26. The van der Waals surface area contributed by atoms with Gasteiger partial charge in [-0.25, -0.2) is 0 Å². The molecule has 1 N–H and O–H groups in total. The molecule has 1 rings (SSSR count). The van der Waals surface area contributed by atoms with Crippen LogP contribution in [0.4, 0.5) is 0 Å². The van der Waals surface area contributed by atoms with Crippen LogP contribution in [-0.2, 0) is 5.60 Å². The minimum atomic E-state index is -0.755. The Bertz CT molecular complexity index is 352. The number of hydrogen-bond donors (Lipinski definition) is 1. The molecule has 0 aromatic heterocycles. The highest BCUT2D eigenvalue weighted by atomic mass is 16.5. The predicted molar refractivity (Wildman–Crippen MR) is 75.9 cm³/mol.